The summed E-state index contributed by atoms with van der Waals surface area (Å²) in [6.45, 7) is 6.56. The minimum Gasteiger partial charge on any atom is -0.383 e. The average Bonchev–Trinajstić information content (AvgIpc) is 2.35. The first-order chi connectivity index (χ1) is 8.45. The van der Waals surface area contributed by atoms with E-state index in [2.05, 4.69) is 26.1 Å². The Labute approximate surface area is 112 Å². The molecular weight excluding hydrogens is 248 g/mol. The van der Waals surface area contributed by atoms with Crippen LogP contribution in [0.3, 0.4) is 0 Å². The van der Waals surface area contributed by atoms with Gasteiger partial charge in [0.1, 0.15) is 5.69 Å². The monoisotopic (exact) mass is 268 g/mol. The summed E-state index contributed by atoms with van der Waals surface area (Å²) in [6, 6.07) is 5.37. The quantitative estimate of drug-likeness (QED) is 0.627. The van der Waals surface area contributed by atoms with Crippen molar-refractivity contribution in [2.24, 2.45) is 5.92 Å². The first-order valence-corrected chi connectivity index (χ1v) is 7.07. The zero-order chi connectivity index (χ0) is 13.7. The number of nitro groups is 1. The fourth-order valence-electron chi connectivity index (χ4n) is 1.45. The van der Waals surface area contributed by atoms with Crippen LogP contribution in [0.4, 0.5) is 11.4 Å². The van der Waals surface area contributed by atoms with Crippen LogP contribution in [0.2, 0.25) is 0 Å². The Balaban J connectivity index is 2.79. The highest BCUT2D eigenvalue weighted by atomic mass is 32.2. The second kappa shape index (κ2) is 6.64. The third-order valence-electron chi connectivity index (χ3n) is 2.98. The highest BCUT2D eigenvalue weighted by molar-refractivity contribution is 7.99. The predicted octanol–water partition coefficient (Wildman–Crippen LogP) is 3.91. The molecule has 1 rings (SSSR count). The lowest BCUT2D eigenvalue weighted by Crippen LogP contribution is -2.06. The lowest BCUT2D eigenvalue weighted by Gasteiger charge is -2.14. The van der Waals surface area contributed by atoms with E-state index in [-0.39, 0.29) is 10.6 Å². The number of hydrogen-bond acceptors (Lipinski definition) is 4. The smallest absolute Gasteiger partial charge is 0.292 e. The molecule has 0 aliphatic rings. The largest absolute Gasteiger partial charge is 0.383 e. The normalized spacial score (nSPS) is 12.5. The standard InChI is InChI=1S/C13H20N2O2S/c1-9(2)10(3)18-8-11-5-6-12(14-4)13(7-11)15(16)17/h5-7,9-10,14H,8H2,1-4H3. The molecule has 0 saturated carbocycles. The SMILES string of the molecule is CNc1ccc(CSC(C)C(C)C)cc1[N+](=O)[O-]. The predicted molar refractivity (Wildman–Crippen MR) is 78.2 cm³/mol. The molecule has 100 valence electrons. The van der Waals surface area contributed by atoms with Crippen molar-refractivity contribution in [1.29, 1.82) is 0 Å². The van der Waals surface area contributed by atoms with E-state index in [9.17, 15) is 10.1 Å². The van der Waals surface area contributed by atoms with E-state index < -0.39 is 0 Å². The number of anilines is 1. The first kappa shape index (κ1) is 14.8. The molecule has 1 unspecified atom stereocenters. The van der Waals surface area contributed by atoms with Gasteiger partial charge >= 0.3 is 0 Å². The number of nitro benzene ring substituents is 1. The van der Waals surface area contributed by atoms with Crippen LogP contribution in [-0.2, 0) is 5.75 Å². The van der Waals surface area contributed by atoms with Crippen LogP contribution in [0.15, 0.2) is 18.2 Å². The first-order valence-electron chi connectivity index (χ1n) is 6.02. The fourth-order valence-corrected chi connectivity index (χ4v) is 2.47. The molecule has 0 aliphatic carbocycles. The topological polar surface area (TPSA) is 55.2 Å². The molecule has 4 nitrogen and oxygen atoms in total. The van der Waals surface area contributed by atoms with Gasteiger partial charge in [0.15, 0.2) is 0 Å². The third-order valence-corrected chi connectivity index (χ3v) is 4.55. The Morgan fingerprint density at radius 2 is 2.06 bits per heavy atom. The molecule has 0 amide bonds. The summed E-state index contributed by atoms with van der Waals surface area (Å²) in [5, 5.41) is 14.3. The van der Waals surface area contributed by atoms with E-state index in [0.717, 1.165) is 11.3 Å². The van der Waals surface area contributed by atoms with Gasteiger partial charge in [-0.3, -0.25) is 10.1 Å². The lowest BCUT2D eigenvalue weighted by molar-refractivity contribution is -0.384. The average molecular weight is 268 g/mol. The summed E-state index contributed by atoms with van der Waals surface area (Å²) in [4.78, 5) is 10.6. The second-order valence-corrected chi connectivity index (χ2v) is 5.98. The molecule has 18 heavy (non-hydrogen) atoms. The maximum Gasteiger partial charge on any atom is 0.292 e. The van der Waals surface area contributed by atoms with E-state index in [0.29, 0.717) is 16.9 Å². The maximum atomic E-state index is 10.9. The van der Waals surface area contributed by atoms with Gasteiger partial charge in [-0.2, -0.15) is 11.8 Å². The van der Waals surface area contributed by atoms with Gasteiger partial charge < -0.3 is 5.32 Å². The molecule has 1 N–H and O–H groups in total. The van der Waals surface area contributed by atoms with Crippen molar-refractivity contribution in [1.82, 2.24) is 0 Å². The number of hydrogen-bond donors (Lipinski definition) is 1. The van der Waals surface area contributed by atoms with Crippen molar-refractivity contribution in [3.05, 3.63) is 33.9 Å². The maximum absolute atomic E-state index is 10.9. The molecule has 0 fully saturated rings. The zero-order valence-electron chi connectivity index (χ0n) is 11.3. The number of thioether (sulfide) groups is 1. The van der Waals surface area contributed by atoms with Gasteiger partial charge in [-0.25, -0.2) is 0 Å². The molecule has 0 heterocycles. The van der Waals surface area contributed by atoms with Crippen LogP contribution >= 0.6 is 11.8 Å². The van der Waals surface area contributed by atoms with Crippen molar-refractivity contribution in [3.8, 4) is 0 Å². The molecule has 0 saturated heterocycles. The third kappa shape index (κ3) is 3.91. The zero-order valence-corrected chi connectivity index (χ0v) is 12.1. The lowest BCUT2D eigenvalue weighted by atomic mass is 10.2. The van der Waals surface area contributed by atoms with Crippen LogP contribution in [0.1, 0.15) is 26.3 Å². The molecule has 1 atom stereocenters. The number of nitrogens with zero attached hydrogens (tertiary/aromatic N) is 1. The van der Waals surface area contributed by atoms with Crippen molar-refractivity contribution >= 4 is 23.1 Å². The van der Waals surface area contributed by atoms with Gasteiger partial charge in [-0.05, 0) is 17.5 Å². The minimum absolute atomic E-state index is 0.146. The van der Waals surface area contributed by atoms with Gasteiger partial charge in [-0.1, -0.05) is 26.8 Å². The molecule has 0 aliphatic heterocycles. The summed E-state index contributed by atoms with van der Waals surface area (Å²) >= 11 is 1.83. The second-order valence-electron chi connectivity index (χ2n) is 4.62. The van der Waals surface area contributed by atoms with Crippen molar-refractivity contribution in [2.75, 3.05) is 12.4 Å². The summed E-state index contributed by atoms with van der Waals surface area (Å²) < 4.78 is 0. The Morgan fingerprint density at radius 1 is 1.39 bits per heavy atom. The van der Waals surface area contributed by atoms with Gasteiger partial charge in [0.05, 0.1) is 4.92 Å². The van der Waals surface area contributed by atoms with Crippen LogP contribution in [0.25, 0.3) is 0 Å². The molecular formula is C13H20N2O2S. The van der Waals surface area contributed by atoms with E-state index in [4.69, 9.17) is 0 Å². The molecule has 1 aromatic carbocycles. The van der Waals surface area contributed by atoms with E-state index >= 15 is 0 Å². The van der Waals surface area contributed by atoms with E-state index in [1.165, 1.54) is 0 Å². The molecule has 1 aromatic rings. The van der Waals surface area contributed by atoms with Crippen molar-refractivity contribution in [3.63, 3.8) is 0 Å². The Kier molecular flexibility index (Phi) is 5.47. The van der Waals surface area contributed by atoms with Gasteiger partial charge in [-0.15, -0.1) is 0 Å². The van der Waals surface area contributed by atoms with Gasteiger partial charge in [0, 0.05) is 24.1 Å². The summed E-state index contributed by atoms with van der Waals surface area (Å²) in [6.07, 6.45) is 0. The van der Waals surface area contributed by atoms with Crippen molar-refractivity contribution < 1.29 is 4.92 Å². The molecule has 0 spiro atoms. The van der Waals surface area contributed by atoms with Crippen LogP contribution in [0, 0.1) is 16.0 Å². The van der Waals surface area contributed by atoms with E-state index in [1.807, 2.05) is 17.8 Å². The van der Waals surface area contributed by atoms with Gasteiger partial charge in [0.25, 0.3) is 5.69 Å². The summed E-state index contributed by atoms with van der Waals surface area (Å²) in [7, 11) is 1.69. The number of benzene rings is 1. The Bertz CT molecular complexity index is 421. The Morgan fingerprint density at radius 3 is 2.56 bits per heavy atom. The molecule has 0 radical (unpaired) electrons. The minimum atomic E-state index is -0.341. The van der Waals surface area contributed by atoms with Crippen LogP contribution in [-0.4, -0.2) is 17.2 Å². The fraction of sp³-hybridized carbons (Fsp3) is 0.538. The van der Waals surface area contributed by atoms with E-state index in [1.54, 1.807) is 19.2 Å². The highest BCUT2D eigenvalue weighted by Crippen LogP contribution is 2.29. The Hall–Kier alpha value is -1.23. The highest BCUT2D eigenvalue weighted by Gasteiger charge is 2.14. The summed E-state index contributed by atoms with van der Waals surface area (Å²) in [5.41, 5.74) is 1.71. The molecule has 0 bridgehead atoms. The molecule has 0 aromatic heterocycles. The van der Waals surface area contributed by atoms with Gasteiger partial charge in [0.2, 0.25) is 0 Å². The van der Waals surface area contributed by atoms with Crippen LogP contribution < -0.4 is 5.32 Å². The van der Waals surface area contributed by atoms with Crippen molar-refractivity contribution in [2.45, 2.75) is 31.8 Å². The number of rotatable bonds is 6. The van der Waals surface area contributed by atoms with Crippen LogP contribution in [0.5, 0.6) is 0 Å². The summed E-state index contributed by atoms with van der Waals surface area (Å²) in [5.74, 6) is 1.42. The number of nitrogens with one attached hydrogen (secondary N) is 1. The molecule has 5 heteroatoms.